The lowest BCUT2D eigenvalue weighted by molar-refractivity contribution is 0.415. The topological polar surface area (TPSA) is 21.3 Å². The summed E-state index contributed by atoms with van der Waals surface area (Å²) in [4.78, 5) is 0. The van der Waals surface area contributed by atoms with Gasteiger partial charge in [-0.05, 0) is 23.8 Å². The maximum absolute atomic E-state index is 6.09. The highest BCUT2D eigenvalue weighted by atomic mass is 35.5. The number of anilines is 1. The minimum absolute atomic E-state index is 0.598. The van der Waals surface area contributed by atoms with Crippen molar-refractivity contribution in [2.75, 3.05) is 12.4 Å². The van der Waals surface area contributed by atoms with E-state index in [0.717, 1.165) is 16.3 Å². The molecule has 2 aromatic carbocycles. The molecule has 0 saturated carbocycles. The lowest BCUT2D eigenvalue weighted by Crippen LogP contribution is -2.00. The molecule has 0 bridgehead atoms. The van der Waals surface area contributed by atoms with Crippen LogP contribution in [0, 0.1) is 0 Å². The Kier molecular flexibility index (Phi) is 4.34. The highest BCUT2D eigenvalue weighted by molar-refractivity contribution is 6.32. The van der Waals surface area contributed by atoms with Crippen molar-refractivity contribution in [3.63, 3.8) is 0 Å². The number of ether oxygens (including phenoxy) is 1. The maximum Gasteiger partial charge on any atom is 0.139 e. The van der Waals surface area contributed by atoms with Crippen molar-refractivity contribution in [1.82, 2.24) is 0 Å². The van der Waals surface area contributed by atoms with E-state index in [1.165, 1.54) is 0 Å². The van der Waals surface area contributed by atoms with E-state index in [2.05, 4.69) is 5.32 Å². The molecule has 0 heterocycles. The molecule has 0 unspecified atom stereocenters. The summed E-state index contributed by atoms with van der Waals surface area (Å²) in [5.74, 6) is 0.654. The molecule has 1 N–H and O–H groups in total. The first kappa shape index (κ1) is 13.1. The second-order valence-corrected chi connectivity index (χ2v) is 4.61. The summed E-state index contributed by atoms with van der Waals surface area (Å²) in [5.41, 5.74) is 1.99. The Bertz CT molecular complexity index is 543. The van der Waals surface area contributed by atoms with E-state index in [9.17, 15) is 0 Å². The van der Waals surface area contributed by atoms with Crippen LogP contribution < -0.4 is 10.1 Å². The molecule has 0 saturated heterocycles. The van der Waals surface area contributed by atoms with Crippen LogP contribution in [0.2, 0.25) is 10.0 Å². The van der Waals surface area contributed by atoms with Gasteiger partial charge in [0.25, 0.3) is 0 Å². The van der Waals surface area contributed by atoms with E-state index in [1.807, 2.05) is 36.4 Å². The van der Waals surface area contributed by atoms with Gasteiger partial charge in [0.05, 0.1) is 12.1 Å². The van der Waals surface area contributed by atoms with Crippen molar-refractivity contribution in [2.45, 2.75) is 6.54 Å². The number of halogens is 2. The Balaban J connectivity index is 2.09. The van der Waals surface area contributed by atoms with E-state index in [-0.39, 0.29) is 0 Å². The summed E-state index contributed by atoms with van der Waals surface area (Å²) in [5, 5.41) is 4.63. The molecule has 0 radical (unpaired) electrons. The lowest BCUT2D eigenvalue weighted by Gasteiger charge is -2.10. The van der Waals surface area contributed by atoms with E-state index < -0.39 is 0 Å². The standard InChI is InChI=1S/C14H13Cl2NO/c1-18-14-8-11(6-7-13(14)16)17-9-10-4-2-3-5-12(10)15/h2-8,17H,9H2,1H3. The fraction of sp³-hybridized carbons (Fsp3) is 0.143. The van der Waals surface area contributed by atoms with Crippen LogP contribution in [-0.2, 0) is 6.54 Å². The molecule has 4 heteroatoms. The Morgan fingerprint density at radius 3 is 2.56 bits per heavy atom. The first-order chi connectivity index (χ1) is 8.70. The van der Waals surface area contributed by atoms with Crippen LogP contribution >= 0.6 is 23.2 Å². The van der Waals surface area contributed by atoms with Gasteiger partial charge in [-0.1, -0.05) is 41.4 Å². The van der Waals surface area contributed by atoms with E-state index in [0.29, 0.717) is 17.3 Å². The fourth-order valence-electron chi connectivity index (χ4n) is 1.61. The number of nitrogens with one attached hydrogen (secondary N) is 1. The number of benzene rings is 2. The van der Waals surface area contributed by atoms with Gasteiger partial charge in [-0.25, -0.2) is 0 Å². The van der Waals surface area contributed by atoms with Gasteiger partial charge in [-0.3, -0.25) is 0 Å². The summed E-state index contributed by atoms with van der Waals surface area (Å²) in [6.07, 6.45) is 0. The highest BCUT2D eigenvalue weighted by Gasteiger charge is 2.03. The zero-order valence-electron chi connectivity index (χ0n) is 9.91. The van der Waals surface area contributed by atoms with E-state index in [1.54, 1.807) is 13.2 Å². The normalized spacial score (nSPS) is 10.2. The monoisotopic (exact) mass is 281 g/mol. The number of hydrogen-bond donors (Lipinski definition) is 1. The molecule has 18 heavy (non-hydrogen) atoms. The Morgan fingerprint density at radius 1 is 1.06 bits per heavy atom. The van der Waals surface area contributed by atoms with Crippen LogP contribution in [0.25, 0.3) is 0 Å². The van der Waals surface area contributed by atoms with Crippen LogP contribution in [0.3, 0.4) is 0 Å². The maximum atomic E-state index is 6.09. The van der Waals surface area contributed by atoms with Gasteiger partial charge in [0.2, 0.25) is 0 Å². The molecule has 0 aromatic heterocycles. The molecule has 2 rings (SSSR count). The van der Waals surface area contributed by atoms with Crippen molar-refractivity contribution in [3.8, 4) is 5.75 Å². The average Bonchev–Trinajstić information content (AvgIpc) is 2.39. The molecule has 0 aliphatic carbocycles. The number of hydrogen-bond acceptors (Lipinski definition) is 2. The van der Waals surface area contributed by atoms with E-state index in [4.69, 9.17) is 27.9 Å². The molecule has 0 atom stereocenters. The van der Waals surface area contributed by atoms with Crippen LogP contribution in [-0.4, -0.2) is 7.11 Å². The fourth-order valence-corrected chi connectivity index (χ4v) is 2.01. The largest absolute Gasteiger partial charge is 0.495 e. The first-order valence-corrected chi connectivity index (χ1v) is 6.27. The zero-order chi connectivity index (χ0) is 13.0. The van der Waals surface area contributed by atoms with Crippen LogP contribution in [0.1, 0.15) is 5.56 Å². The molecule has 94 valence electrons. The predicted molar refractivity (Wildman–Crippen MR) is 76.8 cm³/mol. The number of rotatable bonds is 4. The van der Waals surface area contributed by atoms with Gasteiger partial charge in [0.1, 0.15) is 5.75 Å². The summed E-state index contributed by atoms with van der Waals surface area (Å²) >= 11 is 12.1. The summed E-state index contributed by atoms with van der Waals surface area (Å²) in [7, 11) is 1.60. The molecule has 2 nitrogen and oxygen atoms in total. The summed E-state index contributed by atoms with van der Waals surface area (Å²) in [6, 6.07) is 13.3. The minimum atomic E-state index is 0.598. The van der Waals surface area contributed by atoms with Gasteiger partial charge in [-0.15, -0.1) is 0 Å². The molecular weight excluding hydrogens is 269 g/mol. The summed E-state index contributed by atoms with van der Waals surface area (Å²) < 4.78 is 5.16. The minimum Gasteiger partial charge on any atom is -0.495 e. The SMILES string of the molecule is COc1cc(NCc2ccccc2Cl)ccc1Cl. The highest BCUT2D eigenvalue weighted by Crippen LogP contribution is 2.27. The van der Waals surface area contributed by atoms with E-state index >= 15 is 0 Å². The second kappa shape index (κ2) is 5.98. The third kappa shape index (κ3) is 3.09. The van der Waals surface area contributed by atoms with Gasteiger partial charge in [0.15, 0.2) is 0 Å². The van der Waals surface area contributed by atoms with Crippen LogP contribution in [0.4, 0.5) is 5.69 Å². The summed E-state index contributed by atoms with van der Waals surface area (Å²) in [6.45, 7) is 0.657. The average molecular weight is 282 g/mol. The zero-order valence-corrected chi connectivity index (χ0v) is 11.4. The Labute approximate surface area is 116 Å². The van der Waals surface area contributed by atoms with Crippen LogP contribution in [0.15, 0.2) is 42.5 Å². The lowest BCUT2D eigenvalue weighted by atomic mass is 10.2. The van der Waals surface area contributed by atoms with Gasteiger partial charge in [-0.2, -0.15) is 0 Å². The second-order valence-electron chi connectivity index (χ2n) is 3.79. The molecule has 0 amide bonds. The molecule has 0 fully saturated rings. The molecule has 0 aliphatic rings. The quantitative estimate of drug-likeness (QED) is 0.883. The molecular formula is C14H13Cl2NO. The predicted octanol–water partition coefficient (Wildman–Crippen LogP) is 4.61. The Morgan fingerprint density at radius 2 is 1.83 bits per heavy atom. The van der Waals surface area contributed by atoms with Crippen molar-refractivity contribution < 1.29 is 4.74 Å². The van der Waals surface area contributed by atoms with Crippen molar-refractivity contribution >= 4 is 28.9 Å². The van der Waals surface area contributed by atoms with Crippen molar-refractivity contribution in [1.29, 1.82) is 0 Å². The van der Waals surface area contributed by atoms with Crippen molar-refractivity contribution in [3.05, 3.63) is 58.1 Å². The third-order valence-electron chi connectivity index (χ3n) is 2.59. The number of methoxy groups -OCH3 is 1. The van der Waals surface area contributed by atoms with Gasteiger partial charge in [0, 0.05) is 23.3 Å². The smallest absolute Gasteiger partial charge is 0.139 e. The third-order valence-corrected chi connectivity index (χ3v) is 3.27. The van der Waals surface area contributed by atoms with Gasteiger partial charge >= 0.3 is 0 Å². The van der Waals surface area contributed by atoms with Crippen molar-refractivity contribution in [2.24, 2.45) is 0 Å². The Hall–Kier alpha value is -1.38. The molecule has 2 aromatic rings. The molecule has 0 spiro atoms. The van der Waals surface area contributed by atoms with Crippen LogP contribution in [0.5, 0.6) is 5.75 Å². The first-order valence-electron chi connectivity index (χ1n) is 5.51. The molecule has 0 aliphatic heterocycles. The van der Waals surface area contributed by atoms with Gasteiger partial charge < -0.3 is 10.1 Å².